The quantitative estimate of drug-likeness (QED) is 0.889. The van der Waals surface area contributed by atoms with Crippen LogP contribution in [0.3, 0.4) is 0 Å². The van der Waals surface area contributed by atoms with E-state index in [0.29, 0.717) is 21.8 Å². The van der Waals surface area contributed by atoms with Gasteiger partial charge in [0, 0.05) is 16.6 Å². The van der Waals surface area contributed by atoms with Crippen LogP contribution in [0.15, 0.2) is 29.2 Å². The maximum absolute atomic E-state index is 12.3. The molecule has 1 unspecified atom stereocenters. The van der Waals surface area contributed by atoms with Crippen LogP contribution in [0.2, 0.25) is 0 Å². The monoisotopic (exact) mass is 248 g/mol. The maximum atomic E-state index is 12.3. The van der Waals surface area contributed by atoms with Gasteiger partial charge in [-0.3, -0.25) is 0 Å². The fourth-order valence-electron chi connectivity index (χ4n) is 1.18. The lowest BCUT2D eigenvalue weighted by Gasteiger charge is -2.05. The Balaban J connectivity index is 2.26. The minimum Gasteiger partial charge on any atom is -0.472 e. The minimum absolute atomic E-state index is 0.355. The second kappa shape index (κ2) is 3.91. The molecule has 16 heavy (non-hydrogen) atoms. The van der Waals surface area contributed by atoms with Gasteiger partial charge in [-0.25, -0.2) is 4.98 Å². The van der Waals surface area contributed by atoms with Gasteiger partial charge in [-0.05, 0) is 6.07 Å². The number of halogens is 3. The van der Waals surface area contributed by atoms with Crippen molar-refractivity contribution in [1.82, 2.24) is 4.98 Å². The zero-order chi connectivity index (χ0) is 11.8. The van der Waals surface area contributed by atoms with Gasteiger partial charge in [0.25, 0.3) is 0 Å². The molecule has 1 atom stereocenters. The molecule has 0 aliphatic carbocycles. The predicted molar refractivity (Wildman–Crippen MR) is 51.9 cm³/mol. The molecule has 0 fully saturated rings. The molecular formula is C9H7F3N2OS. The second-order valence-electron chi connectivity index (χ2n) is 3.10. The summed E-state index contributed by atoms with van der Waals surface area (Å²) in [4.78, 5) is 3.66. The first-order valence-electron chi connectivity index (χ1n) is 4.29. The van der Waals surface area contributed by atoms with Crippen LogP contribution in [-0.2, 0) is 6.18 Å². The first-order chi connectivity index (χ1) is 7.48. The molecular weight excluding hydrogens is 241 g/mol. The van der Waals surface area contributed by atoms with Crippen LogP contribution in [0.25, 0.3) is 0 Å². The third kappa shape index (κ3) is 2.10. The summed E-state index contributed by atoms with van der Waals surface area (Å²) in [6.07, 6.45) is -0.456. The van der Waals surface area contributed by atoms with E-state index >= 15 is 0 Å². The standard InChI is InChI=1S/C9H7F3N2OS/c10-9(11,12)8-14-3-6(16-8)7(13)5-1-2-15-4-5/h1-4,7H,13H2. The average Bonchev–Trinajstić information content (AvgIpc) is 2.87. The fraction of sp³-hybridized carbons (Fsp3) is 0.222. The molecule has 0 aromatic carbocycles. The second-order valence-corrected chi connectivity index (χ2v) is 4.16. The lowest BCUT2D eigenvalue weighted by atomic mass is 10.1. The number of furan rings is 1. The van der Waals surface area contributed by atoms with Crippen molar-refractivity contribution >= 4 is 11.3 Å². The van der Waals surface area contributed by atoms with Gasteiger partial charge in [0.05, 0.1) is 18.6 Å². The average molecular weight is 248 g/mol. The molecule has 0 spiro atoms. The Morgan fingerprint density at radius 3 is 2.69 bits per heavy atom. The highest BCUT2D eigenvalue weighted by Crippen LogP contribution is 2.35. The summed E-state index contributed by atoms with van der Waals surface area (Å²) in [5.41, 5.74) is 6.38. The molecule has 2 rings (SSSR count). The lowest BCUT2D eigenvalue weighted by molar-refractivity contribution is -0.137. The van der Waals surface area contributed by atoms with E-state index in [-0.39, 0.29) is 0 Å². The van der Waals surface area contributed by atoms with Crippen LogP contribution in [0.4, 0.5) is 13.2 Å². The normalized spacial score (nSPS) is 14.0. The van der Waals surface area contributed by atoms with Gasteiger partial charge in [-0.1, -0.05) is 0 Å². The largest absolute Gasteiger partial charge is 0.472 e. The summed E-state index contributed by atoms with van der Waals surface area (Å²) < 4.78 is 41.7. The number of nitrogens with two attached hydrogens (primary N) is 1. The van der Waals surface area contributed by atoms with Crippen LogP contribution < -0.4 is 5.73 Å². The first kappa shape index (κ1) is 11.2. The molecule has 2 aromatic heterocycles. The lowest BCUT2D eigenvalue weighted by Crippen LogP contribution is -2.08. The molecule has 2 heterocycles. The van der Waals surface area contributed by atoms with Gasteiger partial charge >= 0.3 is 6.18 Å². The third-order valence-electron chi connectivity index (χ3n) is 1.97. The zero-order valence-corrected chi connectivity index (χ0v) is 8.68. The molecule has 86 valence electrons. The van der Waals surface area contributed by atoms with Gasteiger partial charge in [0.15, 0.2) is 5.01 Å². The molecule has 7 heteroatoms. The topological polar surface area (TPSA) is 52.0 Å². The summed E-state index contributed by atoms with van der Waals surface area (Å²) in [6, 6.07) is 0.977. The van der Waals surface area contributed by atoms with E-state index in [2.05, 4.69) is 4.98 Å². The third-order valence-corrected chi connectivity index (χ3v) is 3.10. The van der Waals surface area contributed by atoms with Crippen LogP contribution in [0.5, 0.6) is 0 Å². The number of thiazole rings is 1. The van der Waals surface area contributed by atoms with E-state index < -0.39 is 17.2 Å². The predicted octanol–water partition coefficient (Wildman–Crippen LogP) is 2.80. The number of alkyl halides is 3. The highest BCUT2D eigenvalue weighted by Gasteiger charge is 2.35. The summed E-state index contributed by atoms with van der Waals surface area (Å²) in [5.74, 6) is 0. The molecule has 2 N–H and O–H groups in total. The van der Waals surface area contributed by atoms with Crippen molar-refractivity contribution in [2.24, 2.45) is 5.73 Å². The Bertz CT molecular complexity index is 463. The highest BCUT2D eigenvalue weighted by molar-refractivity contribution is 7.11. The van der Waals surface area contributed by atoms with Crippen LogP contribution in [-0.4, -0.2) is 4.98 Å². The first-order valence-corrected chi connectivity index (χ1v) is 5.10. The Labute approximate surface area is 92.7 Å². The molecule has 0 aliphatic rings. The summed E-state index contributed by atoms with van der Waals surface area (Å²) in [6.45, 7) is 0. The van der Waals surface area contributed by atoms with Crippen molar-refractivity contribution in [2.75, 3.05) is 0 Å². The number of aromatic nitrogens is 1. The van der Waals surface area contributed by atoms with Crippen molar-refractivity contribution in [3.8, 4) is 0 Å². The zero-order valence-electron chi connectivity index (χ0n) is 7.86. The Morgan fingerprint density at radius 1 is 1.44 bits per heavy atom. The highest BCUT2D eigenvalue weighted by atomic mass is 32.1. The molecule has 3 nitrogen and oxygen atoms in total. The number of nitrogens with zero attached hydrogens (tertiary/aromatic N) is 1. The van der Waals surface area contributed by atoms with Crippen molar-refractivity contribution in [2.45, 2.75) is 12.2 Å². The summed E-state index contributed by atoms with van der Waals surface area (Å²) in [5, 5.41) is -0.888. The van der Waals surface area contributed by atoms with Gasteiger partial charge in [0.1, 0.15) is 0 Å². The molecule has 0 saturated carbocycles. The van der Waals surface area contributed by atoms with Gasteiger partial charge < -0.3 is 10.2 Å². The van der Waals surface area contributed by atoms with Gasteiger partial charge in [0.2, 0.25) is 0 Å². The van der Waals surface area contributed by atoms with Crippen molar-refractivity contribution in [3.05, 3.63) is 40.2 Å². The number of rotatable bonds is 2. The Morgan fingerprint density at radius 2 is 2.19 bits per heavy atom. The number of hydrogen-bond donors (Lipinski definition) is 1. The molecule has 2 aromatic rings. The van der Waals surface area contributed by atoms with Crippen LogP contribution >= 0.6 is 11.3 Å². The van der Waals surface area contributed by atoms with Gasteiger partial charge in [-0.15, -0.1) is 11.3 Å². The van der Waals surface area contributed by atoms with Crippen molar-refractivity contribution in [3.63, 3.8) is 0 Å². The van der Waals surface area contributed by atoms with E-state index in [1.54, 1.807) is 6.07 Å². The van der Waals surface area contributed by atoms with Crippen molar-refractivity contribution in [1.29, 1.82) is 0 Å². The molecule has 0 aliphatic heterocycles. The van der Waals surface area contributed by atoms with Crippen LogP contribution in [0, 0.1) is 0 Å². The molecule has 0 saturated heterocycles. The van der Waals surface area contributed by atoms with Crippen molar-refractivity contribution < 1.29 is 17.6 Å². The molecule has 0 radical (unpaired) electrons. The van der Waals surface area contributed by atoms with E-state index in [4.69, 9.17) is 10.2 Å². The summed E-state index contributed by atoms with van der Waals surface area (Å²) >= 11 is 0.543. The summed E-state index contributed by atoms with van der Waals surface area (Å²) in [7, 11) is 0. The van der Waals surface area contributed by atoms with E-state index in [1.165, 1.54) is 12.5 Å². The van der Waals surface area contributed by atoms with E-state index in [0.717, 1.165) is 6.20 Å². The number of hydrogen-bond acceptors (Lipinski definition) is 4. The minimum atomic E-state index is -4.42. The maximum Gasteiger partial charge on any atom is 0.443 e. The molecule has 0 amide bonds. The van der Waals surface area contributed by atoms with E-state index in [1.807, 2.05) is 0 Å². The van der Waals surface area contributed by atoms with Gasteiger partial charge in [-0.2, -0.15) is 13.2 Å². The van der Waals surface area contributed by atoms with Crippen LogP contribution in [0.1, 0.15) is 21.5 Å². The molecule has 0 bridgehead atoms. The van der Waals surface area contributed by atoms with E-state index in [9.17, 15) is 13.2 Å². The Hall–Kier alpha value is -1.34. The Kier molecular flexibility index (Phi) is 2.73. The SMILES string of the molecule is NC(c1ccoc1)c1cnc(C(F)(F)F)s1. The fourth-order valence-corrected chi connectivity index (χ4v) is 1.99. The smallest absolute Gasteiger partial charge is 0.443 e.